The van der Waals surface area contributed by atoms with E-state index in [2.05, 4.69) is 42.5 Å². The minimum Gasteiger partial charge on any atom is -0.508 e. The second-order valence-corrected chi connectivity index (χ2v) is 23.2. The monoisotopic (exact) mass is 1140 g/mol. The van der Waals surface area contributed by atoms with Crippen LogP contribution in [0.2, 0.25) is 0 Å². The van der Waals surface area contributed by atoms with Crippen molar-refractivity contribution >= 4 is 53.2 Å². The lowest BCUT2D eigenvalue weighted by atomic mass is 9.82. The highest BCUT2D eigenvalue weighted by Crippen LogP contribution is 2.30. The quantitative estimate of drug-likeness (QED) is 0.0545. The highest BCUT2D eigenvalue weighted by atomic mass is 16.3. The number of phenolic OH excluding ortho intramolecular Hbond substituents is 2. The Morgan fingerprint density at radius 2 is 0.720 bits per heavy atom. The van der Waals surface area contributed by atoms with Crippen molar-refractivity contribution in [3.8, 4) is 11.5 Å². The van der Waals surface area contributed by atoms with Crippen LogP contribution >= 0.6 is 0 Å². The fourth-order valence-corrected chi connectivity index (χ4v) is 12.4. The predicted molar refractivity (Wildman–Crippen MR) is 308 cm³/mol. The molecule has 0 aromatic heterocycles. The molecule has 2 aromatic carbocycles. The fourth-order valence-electron chi connectivity index (χ4n) is 12.4. The Kier molecular flexibility index (Phi) is 25.7. The molecule has 0 spiro atoms. The summed E-state index contributed by atoms with van der Waals surface area (Å²) in [5.41, 5.74) is 18.7. The summed E-state index contributed by atoms with van der Waals surface area (Å²) in [6.45, 7) is 2.19. The minimum absolute atomic E-state index is 0.0186. The lowest BCUT2D eigenvalue weighted by Crippen LogP contribution is -2.59. The Hall–Kier alpha value is -6.81. The van der Waals surface area contributed by atoms with Gasteiger partial charge in [0.25, 0.3) is 0 Å². The van der Waals surface area contributed by atoms with Crippen molar-refractivity contribution < 1.29 is 53.4 Å². The molecule has 4 saturated carbocycles. The smallest absolute Gasteiger partial charge is 0.243 e. The molecular formula is C60H91N11O11. The molecule has 0 radical (unpaired) electrons. The van der Waals surface area contributed by atoms with Gasteiger partial charge in [-0.25, -0.2) is 0 Å². The van der Waals surface area contributed by atoms with Crippen LogP contribution in [0.3, 0.4) is 0 Å². The Morgan fingerprint density at radius 3 is 1.05 bits per heavy atom. The number of benzene rings is 2. The van der Waals surface area contributed by atoms with Gasteiger partial charge in [0, 0.05) is 43.9 Å². The SMILES string of the molecule is CC(=O)NC1CCCC[C@@H]1C(=O)N[C@H](CCCCN)C(=O)NC1CCCC[C@@H]1C(=O)NC(Cc1ccc(O)cc1)C(=O)NC1CCCC[C@@H]1C(=O)NC(CCCCN)C(=O)NC1CCCC[C@@H]1C(=O)NC(Cc1ccc(O)cc1)C(N)=O. The number of unbranched alkanes of at least 4 members (excludes halogenated alkanes) is 2. The summed E-state index contributed by atoms with van der Waals surface area (Å²) < 4.78 is 0. The molecule has 7 unspecified atom stereocenters. The Morgan fingerprint density at radius 1 is 0.427 bits per heavy atom. The first-order valence-electron chi connectivity index (χ1n) is 30.1. The highest BCUT2D eigenvalue weighted by Gasteiger charge is 2.41. The molecule has 0 aliphatic heterocycles. The topological polar surface area (TPSA) is 368 Å². The van der Waals surface area contributed by atoms with E-state index in [-0.39, 0.29) is 48.6 Å². The van der Waals surface area contributed by atoms with Crippen LogP contribution in [-0.2, 0) is 56.0 Å². The van der Waals surface area contributed by atoms with Crippen LogP contribution in [0.1, 0.15) is 159 Å². The van der Waals surface area contributed by atoms with Crippen molar-refractivity contribution in [3.05, 3.63) is 59.7 Å². The van der Waals surface area contributed by atoms with E-state index in [4.69, 9.17) is 17.2 Å². The molecule has 16 N–H and O–H groups in total. The van der Waals surface area contributed by atoms with Gasteiger partial charge in [-0.3, -0.25) is 43.2 Å². The van der Waals surface area contributed by atoms with E-state index < -0.39 is 107 Å². The summed E-state index contributed by atoms with van der Waals surface area (Å²) in [5, 5.41) is 43.8. The number of nitrogens with one attached hydrogen (secondary N) is 8. The summed E-state index contributed by atoms with van der Waals surface area (Å²) in [6, 6.07) is 6.19. The lowest BCUT2D eigenvalue weighted by molar-refractivity contribution is -0.136. The standard InChI is InChI=1S/C60H91N11O11/c1-36(72)64-45-18-6-2-14-41(45)54(76)68-49(22-10-12-32-61)58(80)66-47-20-8-5-17-44(47)57(79)71-52(35-38-26-30-40(74)31-27-38)60(82)67-48-21-9-3-15-42(48)55(77)69-50(23-11-13-33-62)59(81)65-46-19-7-4-16-43(46)56(78)70-51(53(63)75)34-37-24-28-39(73)29-25-37/h24-31,41-52,73-74H,2-23,32-35,61-62H2,1H3,(H2,63,75)(H,64,72)(H,65,81)(H,66,80)(H,67,82)(H,68,76)(H,69,77)(H,70,78)(H,71,79)/t41-,42-,43-,44-,45?,46?,47?,48?,49+,50?,51?,52?/m0/s1. The van der Waals surface area contributed by atoms with Crippen LogP contribution in [-0.4, -0.2) is 125 Å². The number of aromatic hydroxyl groups is 2. The Bertz CT molecular complexity index is 2460. The van der Waals surface area contributed by atoms with E-state index >= 15 is 0 Å². The minimum atomic E-state index is -1.14. The molecule has 9 amide bonds. The van der Waals surface area contributed by atoms with Gasteiger partial charge in [0.05, 0.1) is 23.7 Å². The number of carbonyl (C=O) groups is 9. The maximum absolute atomic E-state index is 14.7. The third kappa shape index (κ3) is 19.7. The van der Waals surface area contributed by atoms with Crippen molar-refractivity contribution in [1.82, 2.24) is 42.5 Å². The average Bonchev–Trinajstić information content (AvgIpc) is 3.53. The number of carbonyl (C=O) groups excluding carboxylic acids is 9. The zero-order valence-corrected chi connectivity index (χ0v) is 47.7. The Labute approximate surface area is 481 Å². The van der Waals surface area contributed by atoms with Gasteiger partial charge in [-0.15, -0.1) is 0 Å². The number of amides is 9. The summed E-state index contributed by atoms with van der Waals surface area (Å²) in [5.74, 6) is -6.61. The molecule has 4 aliphatic carbocycles. The molecule has 0 heterocycles. The van der Waals surface area contributed by atoms with Crippen LogP contribution in [0.4, 0.5) is 0 Å². The van der Waals surface area contributed by atoms with Crippen molar-refractivity contribution in [3.63, 3.8) is 0 Å². The summed E-state index contributed by atoms with van der Waals surface area (Å²) in [4.78, 5) is 125. The van der Waals surface area contributed by atoms with Gasteiger partial charge in [0.2, 0.25) is 53.2 Å². The van der Waals surface area contributed by atoms with Crippen LogP contribution in [0.15, 0.2) is 48.5 Å². The largest absolute Gasteiger partial charge is 0.508 e. The number of phenols is 2. The van der Waals surface area contributed by atoms with Crippen LogP contribution in [0.25, 0.3) is 0 Å². The second kappa shape index (κ2) is 32.7. The fraction of sp³-hybridized carbons (Fsp3) is 0.650. The molecule has 22 nitrogen and oxygen atoms in total. The van der Waals surface area contributed by atoms with Gasteiger partial charge in [0.15, 0.2) is 0 Å². The number of hydrogen-bond acceptors (Lipinski definition) is 13. The average molecular weight is 1140 g/mol. The molecular weight excluding hydrogens is 1050 g/mol. The van der Waals surface area contributed by atoms with Gasteiger partial charge < -0.3 is 69.9 Å². The number of primary amides is 1. The van der Waals surface area contributed by atoms with Gasteiger partial charge >= 0.3 is 0 Å². The summed E-state index contributed by atoms with van der Waals surface area (Å²) in [6.07, 6.45) is 12.9. The molecule has 4 aliphatic rings. The first-order chi connectivity index (χ1) is 39.4. The first-order valence-corrected chi connectivity index (χ1v) is 30.1. The molecule has 82 heavy (non-hydrogen) atoms. The van der Waals surface area contributed by atoms with Crippen LogP contribution in [0, 0.1) is 23.7 Å². The van der Waals surface area contributed by atoms with Gasteiger partial charge in [-0.2, -0.15) is 0 Å². The molecule has 2 aromatic rings. The van der Waals surface area contributed by atoms with Crippen molar-refractivity contribution in [2.45, 2.75) is 209 Å². The van der Waals surface area contributed by atoms with Gasteiger partial charge in [-0.1, -0.05) is 75.6 Å². The van der Waals surface area contributed by atoms with Crippen molar-refractivity contribution in [2.24, 2.45) is 40.9 Å². The van der Waals surface area contributed by atoms with Gasteiger partial charge in [-0.05, 0) is 138 Å². The van der Waals surface area contributed by atoms with Crippen LogP contribution in [0.5, 0.6) is 11.5 Å². The van der Waals surface area contributed by atoms with E-state index in [1.807, 2.05) is 0 Å². The number of nitrogens with two attached hydrogens (primary N) is 3. The Balaban J connectivity index is 1.13. The van der Waals surface area contributed by atoms with Crippen LogP contribution < -0.4 is 59.7 Å². The number of rotatable bonds is 28. The summed E-state index contributed by atoms with van der Waals surface area (Å²) in [7, 11) is 0. The van der Waals surface area contributed by atoms with E-state index in [0.717, 1.165) is 32.1 Å². The van der Waals surface area contributed by atoms with Crippen molar-refractivity contribution in [1.29, 1.82) is 0 Å². The lowest BCUT2D eigenvalue weighted by Gasteiger charge is -2.36. The molecule has 0 saturated heterocycles. The van der Waals surface area contributed by atoms with E-state index in [0.29, 0.717) is 127 Å². The molecule has 452 valence electrons. The predicted octanol–water partition coefficient (Wildman–Crippen LogP) is 2.29. The normalized spacial score (nSPS) is 24.1. The molecule has 4 fully saturated rings. The van der Waals surface area contributed by atoms with E-state index in [1.54, 1.807) is 24.3 Å². The molecule has 22 heteroatoms. The summed E-state index contributed by atoms with van der Waals surface area (Å²) >= 11 is 0. The van der Waals surface area contributed by atoms with Crippen molar-refractivity contribution in [2.75, 3.05) is 13.1 Å². The third-order valence-electron chi connectivity index (χ3n) is 17.0. The first kappa shape index (κ1) is 64.4. The molecule has 6 rings (SSSR count). The highest BCUT2D eigenvalue weighted by molar-refractivity contribution is 5.93. The van der Waals surface area contributed by atoms with E-state index in [9.17, 15) is 53.4 Å². The zero-order chi connectivity index (χ0) is 59.1. The number of hydrogen-bond donors (Lipinski definition) is 13. The maximum Gasteiger partial charge on any atom is 0.243 e. The molecule has 0 bridgehead atoms. The maximum atomic E-state index is 14.7. The third-order valence-corrected chi connectivity index (χ3v) is 17.0. The second-order valence-electron chi connectivity index (χ2n) is 23.2. The zero-order valence-electron chi connectivity index (χ0n) is 47.7. The molecule has 12 atom stereocenters. The van der Waals surface area contributed by atoms with E-state index in [1.165, 1.54) is 31.2 Å². The van der Waals surface area contributed by atoms with Gasteiger partial charge in [0.1, 0.15) is 35.7 Å².